The minimum absolute atomic E-state index is 0.223. The van der Waals surface area contributed by atoms with E-state index < -0.39 is 24.5 Å². The van der Waals surface area contributed by atoms with Crippen LogP contribution < -0.4 is 10.7 Å². The number of thiophene rings is 1. The van der Waals surface area contributed by atoms with Crippen molar-refractivity contribution in [3.8, 4) is 0 Å². The van der Waals surface area contributed by atoms with Crippen molar-refractivity contribution < 1.29 is 28.3 Å². The van der Waals surface area contributed by atoms with Crippen LogP contribution in [-0.4, -0.2) is 31.1 Å². The van der Waals surface area contributed by atoms with Gasteiger partial charge in [0.05, 0.1) is 17.6 Å². The Balaban J connectivity index is 1.43. The van der Waals surface area contributed by atoms with Crippen molar-refractivity contribution in [2.75, 3.05) is 18.5 Å². The van der Waals surface area contributed by atoms with Gasteiger partial charge in [0.25, 0.3) is 5.91 Å². The fourth-order valence-corrected chi connectivity index (χ4v) is 4.19. The van der Waals surface area contributed by atoms with Crippen molar-refractivity contribution in [3.05, 3.63) is 62.8 Å². The van der Waals surface area contributed by atoms with Crippen LogP contribution in [0.1, 0.15) is 52.2 Å². The van der Waals surface area contributed by atoms with E-state index >= 15 is 0 Å². The molecule has 31 heavy (non-hydrogen) atoms. The highest BCUT2D eigenvalue weighted by Gasteiger charge is 2.32. The molecule has 2 aromatic heterocycles. The van der Waals surface area contributed by atoms with Crippen LogP contribution in [-0.2, 0) is 14.3 Å². The highest BCUT2D eigenvalue weighted by atomic mass is 32.1. The molecule has 3 aromatic rings. The van der Waals surface area contributed by atoms with Crippen LogP contribution in [0.4, 0.5) is 5.00 Å². The number of nitrogens with one attached hydrogen (secondary N) is 1. The Bertz CT molecular complexity index is 1220. The van der Waals surface area contributed by atoms with Gasteiger partial charge in [0, 0.05) is 6.07 Å². The minimum atomic E-state index is -0.937. The zero-order valence-electron chi connectivity index (χ0n) is 16.6. The number of ether oxygens (including phenoxy) is 2. The lowest BCUT2D eigenvalue weighted by molar-refractivity contribution is -0.119. The van der Waals surface area contributed by atoms with Crippen molar-refractivity contribution in [2.45, 2.75) is 25.7 Å². The summed E-state index contributed by atoms with van der Waals surface area (Å²) in [5, 5.41) is 5.15. The van der Waals surface area contributed by atoms with E-state index in [4.69, 9.17) is 13.9 Å². The molecule has 1 fully saturated rings. The van der Waals surface area contributed by atoms with Gasteiger partial charge in [-0.1, -0.05) is 12.1 Å². The predicted molar refractivity (Wildman–Crippen MR) is 114 cm³/mol. The summed E-state index contributed by atoms with van der Waals surface area (Å²) in [5.41, 5.74) is 1.09. The molecule has 1 aliphatic carbocycles. The highest BCUT2D eigenvalue weighted by Crippen LogP contribution is 2.46. The van der Waals surface area contributed by atoms with E-state index in [0.29, 0.717) is 21.9 Å². The molecule has 1 aliphatic rings. The lowest BCUT2D eigenvalue weighted by atomic mass is 10.1. The van der Waals surface area contributed by atoms with Gasteiger partial charge >= 0.3 is 11.9 Å². The number of benzene rings is 1. The standard InChI is InChI=1S/C22H19NO7S/c1-2-28-22(27)19-14(12-7-8-12)11-31-20(19)23-18(25)10-29-21(26)17-9-15(24)13-5-3-4-6-16(13)30-17/h3-6,9,11-12H,2,7-8,10H2,1H3,(H,23,25). The maximum Gasteiger partial charge on any atom is 0.374 e. The molecule has 1 amide bonds. The summed E-state index contributed by atoms with van der Waals surface area (Å²) >= 11 is 1.23. The number of amides is 1. The fourth-order valence-electron chi connectivity index (χ4n) is 3.14. The van der Waals surface area contributed by atoms with E-state index in [1.165, 1.54) is 11.3 Å². The van der Waals surface area contributed by atoms with Crippen LogP contribution in [0.25, 0.3) is 11.0 Å². The van der Waals surface area contributed by atoms with E-state index in [2.05, 4.69) is 5.32 Å². The average molecular weight is 441 g/mol. The van der Waals surface area contributed by atoms with Gasteiger partial charge in [-0.05, 0) is 48.8 Å². The Kier molecular flexibility index (Phi) is 5.85. The summed E-state index contributed by atoms with van der Waals surface area (Å²) < 4.78 is 15.5. The predicted octanol–water partition coefficient (Wildman–Crippen LogP) is 3.70. The first-order valence-corrected chi connectivity index (χ1v) is 10.6. The van der Waals surface area contributed by atoms with E-state index in [0.717, 1.165) is 24.5 Å². The molecule has 160 valence electrons. The van der Waals surface area contributed by atoms with Crippen molar-refractivity contribution in [3.63, 3.8) is 0 Å². The van der Waals surface area contributed by atoms with E-state index in [-0.39, 0.29) is 23.4 Å². The first-order chi connectivity index (χ1) is 15.0. The second kappa shape index (κ2) is 8.73. The molecule has 0 unspecified atom stereocenters. The van der Waals surface area contributed by atoms with Crippen molar-refractivity contribution in [1.82, 2.24) is 0 Å². The molecule has 0 radical (unpaired) electrons. The first-order valence-electron chi connectivity index (χ1n) is 9.76. The number of anilines is 1. The van der Waals surface area contributed by atoms with Gasteiger partial charge in [-0.3, -0.25) is 9.59 Å². The largest absolute Gasteiger partial charge is 0.462 e. The topological polar surface area (TPSA) is 112 Å². The SMILES string of the molecule is CCOC(=O)c1c(C2CC2)csc1NC(=O)COC(=O)c1cc(=O)c2ccccc2o1. The molecule has 9 heteroatoms. The molecule has 0 atom stereocenters. The van der Waals surface area contributed by atoms with E-state index in [1.54, 1.807) is 31.2 Å². The third-order valence-electron chi connectivity index (χ3n) is 4.74. The molecule has 1 aromatic carbocycles. The smallest absolute Gasteiger partial charge is 0.374 e. The van der Waals surface area contributed by atoms with Crippen LogP contribution in [0.5, 0.6) is 0 Å². The van der Waals surface area contributed by atoms with Gasteiger partial charge in [0.1, 0.15) is 10.6 Å². The number of carbonyl (C=O) groups is 3. The Labute approximate surface area is 180 Å². The van der Waals surface area contributed by atoms with Crippen LogP contribution in [0.3, 0.4) is 0 Å². The van der Waals surface area contributed by atoms with Gasteiger partial charge in [-0.2, -0.15) is 0 Å². The summed E-state index contributed by atoms with van der Waals surface area (Å²) in [4.78, 5) is 49.0. The lowest BCUT2D eigenvalue weighted by Gasteiger charge is -2.09. The van der Waals surface area contributed by atoms with E-state index in [9.17, 15) is 19.2 Å². The Morgan fingerprint density at radius 2 is 1.94 bits per heavy atom. The maximum atomic E-state index is 12.4. The number of esters is 2. The number of rotatable bonds is 7. The molecule has 0 spiro atoms. The Morgan fingerprint density at radius 3 is 2.68 bits per heavy atom. The molecule has 1 saturated carbocycles. The molecule has 2 heterocycles. The summed E-state index contributed by atoms with van der Waals surface area (Å²) in [7, 11) is 0. The Morgan fingerprint density at radius 1 is 1.16 bits per heavy atom. The summed E-state index contributed by atoms with van der Waals surface area (Å²) in [6, 6.07) is 7.53. The zero-order chi connectivity index (χ0) is 22.0. The number of hydrogen-bond acceptors (Lipinski definition) is 8. The third-order valence-corrected chi connectivity index (χ3v) is 5.65. The van der Waals surface area contributed by atoms with Gasteiger partial charge in [0.15, 0.2) is 12.0 Å². The number of para-hydroxylation sites is 1. The maximum absolute atomic E-state index is 12.4. The Hall–Kier alpha value is -3.46. The molecule has 0 saturated heterocycles. The molecule has 1 N–H and O–H groups in total. The normalized spacial score (nSPS) is 13.1. The monoisotopic (exact) mass is 441 g/mol. The second-order valence-electron chi connectivity index (χ2n) is 6.99. The first kappa shape index (κ1) is 20.8. The van der Waals surface area contributed by atoms with Crippen molar-refractivity contribution in [1.29, 1.82) is 0 Å². The lowest BCUT2D eigenvalue weighted by Crippen LogP contribution is -2.22. The highest BCUT2D eigenvalue weighted by molar-refractivity contribution is 7.15. The minimum Gasteiger partial charge on any atom is -0.462 e. The second-order valence-corrected chi connectivity index (χ2v) is 7.86. The molecular formula is C22H19NO7S. The zero-order valence-corrected chi connectivity index (χ0v) is 17.5. The molecular weight excluding hydrogens is 422 g/mol. The molecule has 0 bridgehead atoms. The quantitative estimate of drug-likeness (QED) is 0.556. The van der Waals surface area contributed by atoms with Crippen LogP contribution in [0.15, 0.2) is 44.9 Å². The fraction of sp³-hybridized carbons (Fsp3) is 0.273. The van der Waals surface area contributed by atoms with Gasteiger partial charge in [0.2, 0.25) is 5.76 Å². The van der Waals surface area contributed by atoms with Crippen LogP contribution >= 0.6 is 11.3 Å². The molecule has 0 aliphatic heterocycles. The van der Waals surface area contributed by atoms with Crippen molar-refractivity contribution >= 4 is 45.2 Å². The summed E-state index contributed by atoms with van der Waals surface area (Å²) in [6.07, 6.45) is 1.98. The van der Waals surface area contributed by atoms with Crippen LogP contribution in [0.2, 0.25) is 0 Å². The van der Waals surface area contributed by atoms with Crippen LogP contribution in [0, 0.1) is 0 Å². The molecule has 4 rings (SSSR count). The average Bonchev–Trinajstić information content (AvgIpc) is 3.52. The summed E-state index contributed by atoms with van der Waals surface area (Å²) in [5.74, 6) is -2.04. The number of carbonyl (C=O) groups excluding carboxylic acids is 3. The van der Waals surface area contributed by atoms with Gasteiger partial charge < -0.3 is 19.2 Å². The third kappa shape index (κ3) is 4.51. The van der Waals surface area contributed by atoms with Crippen molar-refractivity contribution in [2.24, 2.45) is 0 Å². The van der Waals surface area contributed by atoms with Gasteiger partial charge in [-0.15, -0.1) is 11.3 Å². The number of hydrogen-bond donors (Lipinski definition) is 1. The molecule has 8 nitrogen and oxygen atoms in total. The summed E-state index contributed by atoms with van der Waals surface area (Å²) in [6.45, 7) is 1.33. The number of fused-ring (bicyclic) bond motifs is 1. The van der Waals surface area contributed by atoms with E-state index in [1.807, 2.05) is 5.38 Å². The van der Waals surface area contributed by atoms with Gasteiger partial charge in [-0.25, -0.2) is 9.59 Å².